The number of carbonyl (C=O) groups is 1. The topological polar surface area (TPSA) is 110 Å². The number of nitrogens with one attached hydrogen (secondary N) is 1. The number of aryl methyl sites for hydroxylation is 2. The smallest absolute Gasteiger partial charge is 0.322 e. The van der Waals surface area contributed by atoms with Crippen molar-refractivity contribution < 1.29 is 14.8 Å². The number of aromatic nitrogens is 2. The number of anilines is 1. The van der Waals surface area contributed by atoms with Crippen LogP contribution in [-0.2, 0) is 6.54 Å². The molecule has 0 unspecified atom stereocenters. The third kappa shape index (κ3) is 2.86. The minimum Gasteiger partial charge on any atom is -0.506 e. The number of nitro groups is 1. The molecule has 8 nitrogen and oxygen atoms in total. The van der Waals surface area contributed by atoms with E-state index in [4.69, 9.17) is 11.6 Å². The Morgan fingerprint density at radius 1 is 1.55 bits per heavy atom. The third-order valence-corrected chi connectivity index (χ3v) is 3.23. The number of hydrogen-bond donors (Lipinski definition) is 2. The van der Waals surface area contributed by atoms with E-state index < -0.39 is 10.8 Å². The first-order valence-corrected chi connectivity index (χ1v) is 6.74. The summed E-state index contributed by atoms with van der Waals surface area (Å²) in [6.45, 7) is 3.46. The quantitative estimate of drug-likeness (QED) is 0.510. The molecular weight excluding hydrogens is 312 g/mol. The summed E-state index contributed by atoms with van der Waals surface area (Å²) in [4.78, 5) is 22.9. The molecule has 116 valence electrons. The Balaban J connectivity index is 2.45. The van der Waals surface area contributed by atoms with E-state index in [1.165, 1.54) is 29.8 Å². The average molecular weight is 325 g/mol. The fourth-order valence-corrected chi connectivity index (χ4v) is 2.21. The number of carbonyl (C=O) groups excluding carboxylic acids is 1. The maximum Gasteiger partial charge on any atom is 0.322 e. The number of benzene rings is 1. The summed E-state index contributed by atoms with van der Waals surface area (Å²) >= 11 is 5.80. The van der Waals surface area contributed by atoms with E-state index in [9.17, 15) is 20.0 Å². The highest BCUT2D eigenvalue weighted by Crippen LogP contribution is 2.29. The molecule has 9 heteroatoms. The summed E-state index contributed by atoms with van der Waals surface area (Å²) < 4.78 is 1.24. The van der Waals surface area contributed by atoms with Gasteiger partial charge in [-0.15, -0.1) is 0 Å². The molecule has 0 aliphatic rings. The molecule has 0 spiro atoms. The normalized spacial score (nSPS) is 10.5. The van der Waals surface area contributed by atoms with Crippen molar-refractivity contribution in [3.8, 4) is 5.75 Å². The van der Waals surface area contributed by atoms with Gasteiger partial charge in [-0.05, 0) is 32.0 Å². The highest BCUT2D eigenvalue weighted by atomic mass is 35.5. The van der Waals surface area contributed by atoms with Crippen molar-refractivity contribution in [3.63, 3.8) is 0 Å². The molecule has 0 fully saturated rings. The zero-order chi connectivity index (χ0) is 16.4. The second kappa shape index (κ2) is 6.02. The first kappa shape index (κ1) is 15.8. The van der Waals surface area contributed by atoms with Crippen LogP contribution in [0.5, 0.6) is 5.75 Å². The largest absolute Gasteiger partial charge is 0.506 e. The maximum absolute atomic E-state index is 12.4. The number of nitrogens with zero attached hydrogens (tertiary/aromatic N) is 3. The molecule has 0 atom stereocenters. The first-order chi connectivity index (χ1) is 10.3. The van der Waals surface area contributed by atoms with Gasteiger partial charge in [-0.25, -0.2) is 0 Å². The van der Waals surface area contributed by atoms with Gasteiger partial charge in [-0.3, -0.25) is 19.6 Å². The Bertz CT molecular complexity index is 757. The van der Waals surface area contributed by atoms with E-state index in [2.05, 4.69) is 10.4 Å². The summed E-state index contributed by atoms with van der Waals surface area (Å²) in [5.41, 5.74) is -0.328. The van der Waals surface area contributed by atoms with Crippen molar-refractivity contribution >= 4 is 28.9 Å². The third-order valence-electron chi connectivity index (χ3n) is 3.00. The van der Waals surface area contributed by atoms with Crippen molar-refractivity contribution in [1.29, 1.82) is 0 Å². The van der Waals surface area contributed by atoms with Gasteiger partial charge in [-0.2, -0.15) is 5.10 Å². The maximum atomic E-state index is 12.4. The highest BCUT2D eigenvalue weighted by molar-refractivity contribution is 6.31. The molecule has 1 amide bonds. The van der Waals surface area contributed by atoms with Crippen LogP contribution in [0.4, 0.5) is 11.4 Å². The van der Waals surface area contributed by atoms with Gasteiger partial charge in [0.25, 0.3) is 5.91 Å². The van der Waals surface area contributed by atoms with Crippen molar-refractivity contribution in [2.75, 3.05) is 5.32 Å². The van der Waals surface area contributed by atoms with Crippen LogP contribution in [0, 0.1) is 17.0 Å². The summed E-state index contributed by atoms with van der Waals surface area (Å²) in [6, 6.07) is 4.12. The molecule has 22 heavy (non-hydrogen) atoms. The van der Waals surface area contributed by atoms with E-state index in [1.54, 1.807) is 6.92 Å². The molecule has 0 aliphatic heterocycles. The molecule has 0 saturated carbocycles. The summed E-state index contributed by atoms with van der Waals surface area (Å²) in [5, 5.41) is 27.6. The molecular formula is C13H13ClN4O4. The second-order valence-electron chi connectivity index (χ2n) is 4.47. The lowest BCUT2D eigenvalue weighted by atomic mass is 10.2. The number of phenols is 1. The van der Waals surface area contributed by atoms with E-state index in [-0.39, 0.29) is 28.5 Å². The number of amides is 1. The van der Waals surface area contributed by atoms with Crippen LogP contribution in [-0.4, -0.2) is 25.7 Å². The first-order valence-electron chi connectivity index (χ1n) is 6.36. The van der Waals surface area contributed by atoms with Crippen LogP contribution in [0.3, 0.4) is 0 Å². The van der Waals surface area contributed by atoms with Crippen LogP contribution in [0.25, 0.3) is 0 Å². The molecule has 2 N–H and O–H groups in total. The number of halogens is 1. The Hall–Kier alpha value is -2.61. The van der Waals surface area contributed by atoms with Crippen LogP contribution in [0.1, 0.15) is 23.1 Å². The minimum absolute atomic E-state index is 0.0632. The van der Waals surface area contributed by atoms with E-state index >= 15 is 0 Å². The molecule has 1 aromatic heterocycles. The summed E-state index contributed by atoms with van der Waals surface area (Å²) in [5.74, 6) is -0.939. The molecule has 0 radical (unpaired) electrons. The van der Waals surface area contributed by atoms with Crippen molar-refractivity contribution in [2.45, 2.75) is 20.4 Å². The molecule has 2 rings (SSSR count). The van der Waals surface area contributed by atoms with E-state index in [1.807, 2.05) is 0 Å². The molecule has 0 aliphatic carbocycles. The fraction of sp³-hybridized carbons (Fsp3) is 0.231. The summed E-state index contributed by atoms with van der Waals surface area (Å²) in [7, 11) is 0. The van der Waals surface area contributed by atoms with Crippen molar-refractivity contribution in [1.82, 2.24) is 9.78 Å². The lowest BCUT2D eigenvalue weighted by Crippen LogP contribution is -2.18. The lowest BCUT2D eigenvalue weighted by molar-refractivity contribution is -0.385. The van der Waals surface area contributed by atoms with Crippen LogP contribution in [0.2, 0.25) is 5.02 Å². The molecule has 0 bridgehead atoms. The van der Waals surface area contributed by atoms with Gasteiger partial charge < -0.3 is 10.4 Å². The monoisotopic (exact) mass is 324 g/mol. The van der Waals surface area contributed by atoms with Gasteiger partial charge in [-0.1, -0.05) is 11.6 Å². The Labute approximate surface area is 130 Å². The SMILES string of the molecule is CCn1nc(C)c([N+](=O)[O-])c1C(=O)Nc1cc(Cl)ccc1O. The highest BCUT2D eigenvalue weighted by Gasteiger charge is 2.30. The minimum atomic E-state index is -0.744. The number of hydrogen-bond acceptors (Lipinski definition) is 5. The van der Waals surface area contributed by atoms with Gasteiger partial charge in [0, 0.05) is 11.6 Å². The number of phenolic OH excluding ortho intramolecular Hbond substituents is 1. The lowest BCUT2D eigenvalue weighted by Gasteiger charge is -2.08. The molecule has 1 aromatic carbocycles. The van der Waals surface area contributed by atoms with Crippen LogP contribution in [0.15, 0.2) is 18.2 Å². The predicted octanol–water partition coefficient (Wildman–Crippen LogP) is 2.73. The zero-order valence-corrected chi connectivity index (χ0v) is 12.6. The Kier molecular flexibility index (Phi) is 4.32. The second-order valence-corrected chi connectivity index (χ2v) is 4.91. The average Bonchev–Trinajstić information content (AvgIpc) is 2.79. The van der Waals surface area contributed by atoms with Gasteiger partial charge in [0.15, 0.2) is 0 Å². The fourth-order valence-electron chi connectivity index (χ4n) is 2.03. The number of rotatable bonds is 4. The van der Waals surface area contributed by atoms with Gasteiger partial charge in [0.05, 0.1) is 10.6 Å². The van der Waals surface area contributed by atoms with Gasteiger partial charge in [0.1, 0.15) is 11.4 Å². The standard InChI is InChI=1S/C13H13ClN4O4/c1-3-17-12(11(18(21)22)7(2)16-17)13(20)15-9-6-8(14)4-5-10(9)19/h4-6,19H,3H2,1-2H3,(H,15,20). The molecule has 2 aromatic rings. The van der Waals surface area contributed by atoms with Gasteiger partial charge in [0.2, 0.25) is 5.69 Å². The van der Waals surface area contributed by atoms with E-state index in [0.717, 1.165) is 0 Å². The van der Waals surface area contributed by atoms with Gasteiger partial charge >= 0.3 is 5.69 Å². The van der Waals surface area contributed by atoms with E-state index in [0.29, 0.717) is 11.6 Å². The van der Waals surface area contributed by atoms with Crippen molar-refractivity contribution in [3.05, 3.63) is 44.7 Å². The summed E-state index contributed by atoms with van der Waals surface area (Å²) in [6.07, 6.45) is 0. The number of aromatic hydroxyl groups is 1. The Morgan fingerprint density at radius 2 is 2.23 bits per heavy atom. The predicted molar refractivity (Wildman–Crippen MR) is 80.4 cm³/mol. The molecule has 1 heterocycles. The Morgan fingerprint density at radius 3 is 2.82 bits per heavy atom. The van der Waals surface area contributed by atoms with Crippen molar-refractivity contribution in [2.24, 2.45) is 0 Å². The van der Waals surface area contributed by atoms with Crippen LogP contribution >= 0.6 is 11.6 Å². The molecule has 0 saturated heterocycles. The van der Waals surface area contributed by atoms with Crippen LogP contribution < -0.4 is 5.32 Å². The zero-order valence-electron chi connectivity index (χ0n) is 11.8.